The van der Waals surface area contributed by atoms with Crippen LogP contribution in [0.3, 0.4) is 0 Å². The van der Waals surface area contributed by atoms with Crippen molar-refractivity contribution in [2.45, 2.75) is 31.5 Å². The van der Waals surface area contributed by atoms with Crippen molar-refractivity contribution in [3.8, 4) is 11.5 Å². The number of piperidine rings is 3. The standard InChI is InChI=1S/C30H30FN4O3/c31-24-11-13-25(14-12-24)32-28(22-7-3-1-4-8-22)30(36)37-26-19-35(17-15-21(26)16-18-35)20-27-33-29(38-34-27)23-9-5-2-6-10-23/h1-14,21,26,28,32H,15-20H2/q+1. The van der Waals surface area contributed by atoms with Crippen molar-refractivity contribution in [1.82, 2.24) is 10.1 Å². The van der Waals surface area contributed by atoms with E-state index in [-0.39, 0.29) is 17.9 Å². The number of carbonyl (C=O) groups excluding carboxylic acids is 1. The molecule has 8 heteroatoms. The summed E-state index contributed by atoms with van der Waals surface area (Å²) in [4.78, 5) is 18.2. The van der Waals surface area contributed by atoms with Crippen LogP contribution in [0.5, 0.6) is 0 Å². The maximum absolute atomic E-state index is 13.6. The van der Waals surface area contributed by atoms with Crippen molar-refractivity contribution in [1.29, 1.82) is 0 Å². The maximum Gasteiger partial charge on any atom is 0.333 e. The molecule has 7 rings (SSSR count). The summed E-state index contributed by atoms with van der Waals surface area (Å²) in [6, 6.07) is 24.5. The fourth-order valence-electron chi connectivity index (χ4n) is 5.75. The normalized spacial score (nSPS) is 23.1. The van der Waals surface area contributed by atoms with Gasteiger partial charge in [-0.3, -0.25) is 0 Å². The minimum Gasteiger partial charge on any atom is -0.454 e. The fourth-order valence-corrected chi connectivity index (χ4v) is 5.75. The zero-order chi connectivity index (χ0) is 26.0. The van der Waals surface area contributed by atoms with Crippen LogP contribution in [-0.4, -0.2) is 46.3 Å². The van der Waals surface area contributed by atoms with Crippen LogP contribution in [0.1, 0.15) is 30.3 Å². The van der Waals surface area contributed by atoms with Gasteiger partial charge in [0.25, 0.3) is 5.89 Å². The van der Waals surface area contributed by atoms with Gasteiger partial charge in [0.05, 0.1) is 13.1 Å². The number of hydrogen-bond donors (Lipinski definition) is 1. The highest BCUT2D eigenvalue weighted by atomic mass is 19.1. The summed E-state index contributed by atoms with van der Waals surface area (Å²) in [6.07, 6.45) is 1.79. The molecule has 1 N–H and O–H groups in total. The molecule has 3 aliphatic heterocycles. The van der Waals surface area contributed by atoms with Crippen LogP contribution in [0.2, 0.25) is 0 Å². The predicted molar refractivity (Wildman–Crippen MR) is 140 cm³/mol. The number of fused-ring (bicyclic) bond motifs is 3. The van der Waals surface area contributed by atoms with E-state index in [9.17, 15) is 9.18 Å². The third-order valence-electron chi connectivity index (χ3n) is 7.80. The van der Waals surface area contributed by atoms with Crippen molar-refractivity contribution < 1.29 is 22.9 Å². The van der Waals surface area contributed by atoms with Crippen molar-refractivity contribution in [2.75, 3.05) is 25.0 Å². The molecule has 3 saturated heterocycles. The fraction of sp³-hybridized carbons (Fsp3) is 0.300. The van der Waals surface area contributed by atoms with E-state index in [0.29, 0.717) is 29.9 Å². The Bertz CT molecular complexity index is 1370. The minimum atomic E-state index is -0.698. The summed E-state index contributed by atoms with van der Waals surface area (Å²) in [6.45, 7) is 3.38. The van der Waals surface area contributed by atoms with Crippen molar-refractivity contribution >= 4 is 11.7 Å². The molecule has 4 aromatic rings. The molecule has 4 heterocycles. The van der Waals surface area contributed by atoms with Crippen LogP contribution in [-0.2, 0) is 16.1 Å². The number of quaternary nitrogens is 1. The van der Waals surface area contributed by atoms with Gasteiger partial charge in [-0.05, 0) is 42.0 Å². The molecule has 0 spiro atoms. The molecule has 0 saturated carbocycles. The van der Waals surface area contributed by atoms with E-state index in [1.54, 1.807) is 12.1 Å². The molecule has 0 amide bonds. The third kappa shape index (κ3) is 5.17. The maximum atomic E-state index is 13.6. The number of halogens is 1. The van der Waals surface area contributed by atoms with Crippen LogP contribution >= 0.6 is 0 Å². The summed E-state index contributed by atoms with van der Waals surface area (Å²) in [7, 11) is 0. The van der Waals surface area contributed by atoms with Gasteiger partial charge in [-0.15, -0.1) is 0 Å². The molecule has 3 aliphatic rings. The highest BCUT2D eigenvalue weighted by Crippen LogP contribution is 2.38. The van der Waals surface area contributed by atoms with Gasteiger partial charge in [0, 0.05) is 30.0 Å². The van der Waals surface area contributed by atoms with Gasteiger partial charge in [0.2, 0.25) is 5.82 Å². The number of anilines is 1. The Kier molecular flexibility index (Phi) is 6.64. The molecule has 194 valence electrons. The lowest BCUT2D eigenvalue weighted by Crippen LogP contribution is -2.64. The number of aromatic nitrogens is 2. The summed E-state index contributed by atoms with van der Waals surface area (Å²) < 4.78 is 26.0. The number of esters is 1. The van der Waals surface area contributed by atoms with Crippen molar-refractivity contribution in [2.24, 2.45) is 5.92 Å². The molecule has 2 bridgehead atoms. The van der Waals surface area contributed by atoms with Gasteiger partial charge in [-0.2, -0.15) is 4.98 Å². The molecule has 2 atom stereocenters. The topological polar surface area (TPSA) is 77.2 Å². The SMILES string of the molecule is O=C(OC1C[N+]2(Cc3noc(-c4ccccc4)n3)CCC1CC2)C(Nc1ccc(F)cc1)c1ccccc1. The highest BCUT2D eigenvalue weighted by molar-refractivity contribution is 5.81. The third-order valence-corrected chi connectivity index (χ3v) is 7.80. The molecule has 38 heavy (non-hydrogen) atoms. The quantitative estimate of drug-likeness (QED) is 0.252. The molecule has 2 unspecified atom stereocenters. The number of benzene rings is 3. The lowest BCUT2D eigenvalue weighted by atomic mass is 9.83. The van der Waals surface area contributed by atoms with Crippen molar-refractivity contribution in [3.63, 3.8) is 0 Å². The number of nitrogens with one attached hydrogen (secondary N) is 1. The van der Waals surface area contributed by atoms with E-state index in [1.807, 2.05) is 60.7 Å². The molecule has 3 aromatic carbocycles. The van der Waals surface area contributed by atoms with E-state index in [2.05, 4.69) is 15.5 Å². The Hall–Kier alpha value is -4.04. The lowest BCUT2D eigenvalue weighted by Gasteiger charge is -2.51. The predicted octanol–water partition coefficient (Wildman–Crippen LogP) is 5.38. The Labute approximate surface area is 220 Å². The van der Waals surface area contributed by atoms with E-state index >= 15 is 0 Å². The smallest absolute Gasteiger partial charge is 0.333 e. The first-order valence-corrected chi connectivity index (χ1v) is 13.1. The Balaban J connectivity index is 1.17. The zero-order valence-electron chi connectivity index (χ0n) is 21.0. The molecule has 7 nitrogen and oxygen atoms in total. The number of carbonyl (C=O) groups is 1. The van der Waals surface area contributed by atoms with Gasteiger partial charge >= 0.3 is 5.97 Å². The second-order valence-electron chi connectivity index (χ2n) is 10.3. The molecule has 3 fully saturated rings. The second-order valence-corrected chi connectivity index (χ2v) is 10.3. The average molecular weight is 514 g/mol. The first-order chi connectivity index (χ1) is 18.6. The van der Waals surface area contributed by atoms with E-state index in [0.717, 1.165) is 48.1 Å². The Morgan fingerprint density at radius 2 is 1.68 bits per heavy atom. The Morgan fingerprint density at radius 3 is 2.39 bits per heavy atom. The van der Waals surface area contributed by atoms with Gasteiger partial charge in [0.15, 0.2) is 12.1 Å². The van der Waals surface area contributed by atoms with Crippen molar-refractivity contribution in [3.05, 3.63) is 102 Å². The van der Waals surface area contributed by atoms with E-state index in [4.69, 9.17) is 9.26 Å². The first-order valence-electron chi connectivity index (χ1n) is 13.1. The van der Waals surface area contributed by atoms with Crippen LogP contribution in [0.15, 0.2) is 89.5 Å². The largest absolute Gasteiger partial charge is 0.454 e. The number of hydrogen-bond acceptors (Lipinski definition) is 6. The molecular formula is C30H30FN4O3+. The second kappa shape index (κ2) is 10.4. The molecule has 0 radical (unpaired) electrons. The van der Waals surface area contributed by atoms with Gasteiger partial charge in [-0.25, -0.2) is 9.18 Å². The summed E-state index contributed by atoms with van der Waals surface area (Å²) in [5.41, 5.74) is 2.35. The molecule has 1 aromatic heterocycles. The monoisotopic (exact) mass is 513 g/mol. The summed E-state index contributed by atoms with van der Waals surface area (Å²) >= 11 is 0. The first kappa shape index (κ1) is 24.3. The molecular weight excluding hydrogens is 483 g/mol. The minimum absolute atomic E-state index is 0.188. The lowest BCUT2D eigenvalue weighted by molar-refractivity contribution is -0.958. The summed E-state index contributed by atoms with van der Waals surface area (Å²) in [5.74, 6) is 0.878. The van der Waals surface area contributed by atoms with Crippen LogP contribution in [0.25, 0.3) is 11.5 Å². The zero-order valence-corrected chi connectivity index (χ0v) is 21.0. The van der Waals surface area contributed by atoms with E-state index in [1.165, 1.54) is 12.1 Å². The summed E-state index contributed by atoms with van der Waals surface area (Å²) in [5, 5.41) is 7.50. The Morgan fingerprint density at radius 1 is 1.00 bits per heavy atom. The van der Waals surface area contributed by atoms with Crippen LogP contribution in [0.4, 0.5) is 10.1 Å². The molecule has 0 aliphatic carbocycles. The number of rotatable bonds is 8. The highest BCUT2D eigenvalue weighted by Gasteiger charge is 2.48. The number of nitrogens with zero attached hydrogens (tertiary/aromatic N) is 3. The van der Waals surface area contributed by atoms with Crippen LogP contribution in [0, 0.1) is 11.7 Å². The average Bonchev–Trinajstić information content (AvgIpc) is 3.42. The van der Waals surface area contributed by atoms with Gasteiger partial charge < -0.3 is 19.1 Å². The number of ether oxygens (including phenoxy) is 1. The van der Waals surface area contributed by atoms with Gasteiger partial charge in [0.1, 0.15) is 18.9 Å². The van der Waals surface area contributed by atoms with Gasteiger partial charge in [-0.1, -0.05) is 53.7 Å². The van der Waals surface area contributed by atoms with E-state index < -0.39 is 6.04 Å². The van der Waals surface area contributed by atoms with Crippen LogP contribution < -0.4 is 5.32 Å².